The Hall–Kier alpha value is -1.59. The van der Waals surface area contributed by atoms with Crippen LogP contribution in [0.4, 0.5) is 4.79 Å². The Morgan fingerprint density at radius 1 is 1.30 bits per heavy atom. The number of hydrogen-bond donors (Lipinski definition) is 2. The summed E-state index contributed by atoms with van der Waals surface area (Å²) in [6, 6.07) is 8.97. The van der Waals surface area contributed by atoms with Crippen LogP contribution in [0.1, 0.15) is 45.6 Å². The fourth-order valence-corrected chi connectivity index (χ4v) is 3.14. The number of carbonyl (C=O) groups is 1. The van der Waals surface area contributed by atoms with E-state index in [1.165, 1.54) is 0 Å². The van der Waals surface area contributed by atoms with Crippen LogP contribution in [0.5, 0.6) is 0 Å². The molecule has 128 valence electrons. The number of nitrogens with two attached hydrogens (primary N) is 1. The first-order valence-electron chi connectivity index (χ1n) is 8.25. The maximum atomic E-state index is 12.6. The summed E-state index contributed by atoms with van der Waals surface area (Å²) in [5.41, 5.74) is 4.84. The maximum absolute atomic E-state index is 12.6. The van der Waals surface area contributed by atoms with Gasteiger partial charge in [-0.25, -0.2) is 4.79 Å². The largest absolute Gasteiger partial charge is 0.444 e. The minimum Gasteiger partial charge on any atom is -0.444 e. The van der Waals surface area contributed by atoms with Crippen LogP contribution in [-0.2, 0) is 10.3 Å². The second kappa shape index (κ2) is 6.89. The molecule has 1 aliphatic rings. The zero-order chi connectivity index (χ0) is 17.1. The van der Waals surface area contributed by atoms with Crippen molar-refractivity contribution >= 4 is 6.09 Å². The summed E-state index contributed by atoms with van der Waals surface area (Å²) in [5, 5.41) is 11.3. The molecule has 1 heterocycles. The maximum Gasteiger partial charge on any atom is 0.410 e. The van der Waals surface area contributed by atoms with Gasteiger partial charge in [0.25, 0.3) is 0 Å². The van der Waals surface area contributed by atoms with Crippen LogP contribution in [0.15, 0.2) is 30.3 Å². The molecule has 0 unspecified atom stereocenters. The van der Waals surface area contributed by atoms with Crippen LogP contribution in [0.25, 0.3) is 0 Å². The van der Waals surface area contributed by atoms with Gasteiger partial charge < -0.3 is 20.5 Å². The summed E-state index contributed by atoms with van der Waals surface area (Å²) < 4.78 is 5.52. The normalized spacial score (nSPS) is 21.6. The van der Waals surface area contributed by atoms with Crippen molar-refractivity contribution in [2.75, 3.05) is 13.1 Å². The predicted molar refractivity (Wildman–Crippen MR) is 90.0 cm³/mol. The molecule has 1 amide bonds. The lowest BCUT2D eigenvalue weighted by Gasteiger charge is -2.45. The molecule has 1 aliphatic heterocycles. The first kappa shape index (κ1) is 17.8. The highest BCUT2D eigenvalue weighted by Crippen LogP contribution is 2.34. The molecule has 5 heteroatoms. The van der Waals surface area contributed by atoms with Crippen molar-refractivity contribution in [3.8, 4) is 0 Å². The third-order valence-corrected chi connectivity index (χ3v) is 4.27. The van der Waals surface area contributed by atoms with E-state index >= 15 is 0 Å². The number of nitrogens with zero attached hydrogens (tertiary/aromatic N) is 1. The topological polar surface area (TPSA) is 75.8 Å². The molecular weight excluding hydrogens is 292 g/mol. The molecule has 2 atom stereocenters. The highest BCUT2D eigenvalue weighted by atomic mass is 16.6. The van der Waals surface area contributed by atoms with E-state index in [4.69, 9.17) is 10.5 Å². The highest BCUT2D eigenvalue weighted by molar-refractivity contribution is 5.69. The summed E-state index contributed by atoms with van der Waals surface area (Å²) in [6.45, 7) is 6.16. The van der Waals surface area contributed by atoms with Gasteiger partial charge in [-0.1, -0.05) is 30.3 Å². The molecule has 2 rings (SSSR count). The van der Waals surface area contributed by atoms with E-state index in [1.54, 1.807) is 4.90 Å². The lowest BCUT2D eigenvalue weighted by atomic mass is 9.81. The van der Waals surface area contributed by atoms with Gasteiger partial charge in [0.15, 0.2) is 0 Å². The highest BCUT2D eigenvalue weighted by Gasteiger charge is 2.44. The minimum absolute atomic E-state index is 0.0565. The van der Waals surface area contributed by atoms with E-state index in [9.17, 15) is 9.90 Å². The van der Waals surface area contributed by atoms with E-state index in [2.05, 4.69) is 0 Å². The lowest BCUT2D eigenvalue weighted by Crippen LogP contribution is -2.58. The van der Waals surface area contributed by atoms with E-state index in [1.807, 2.05) is 51.1 Å². The molecule has 0 aliphatic carbocycles. The van der Waals surface area contributed by atoms with Crippen LogP contribution >= 0.6 is 0 Å². The van der Waals surface area contributed by atoms with Gasteiger partial charge in [-0.15, -0.1) is 0 Å². The summed E-state index contributed by atoms with van der Waals surface area (Å²) in [5.74, 6) is 0. The lowest BCUT2D eigenvalue weighted by molar-refractivity contribution is -0.0677. The van der Waals surface area contributed by atoms with E-state index in [0.29, 0.717) is 13.0 Å². The van der Waals surface area contributed by atoms with E-state index in [0.717, 1.165) is 18.4 Å². The average molecular weight is 320 g/mol. The molecule has 3 N–H and O–H groups in total. The number of benzene rings is 1. The molecule has 1 aromatic rings. The number of aliphatic hydroxyl groups is 1. The SMILES string of the molecule is CC(C)(C)OC(=O)N1CCCC[C@H]1[C@@](O)(CN)c1ccccc1. The number of amides is 1. The van der Waals surface area contributed by atoms with Gasteiger partial charge in [0.1, 0.15) is 11.2 Å². The first-order valence-corrected chi connectivity index (χ1v) is 8.25. The predicted octanol–water partition coefficient (Wildman–Crippen LogP) is 2.62. The fraction of sp³-hybridized carbons (Fsp3) is 0.611. The molecule has 23 heavy (non-hydrogen) atoms. The molecule has 1 aromatic carbocycles. The average Bonchev–Trinajstić information content (AvgIpc) is 2.53. The summed E-state index contributed by atoms with van der Waals surface area (Å²) in [6.07, 6.45) is 2.19. The van der Waals surface area contributed by atoms with Crippen LogP contribution in [0.2, 0.25) is 0 Å². The second-order valence-corrected chi connectivity index (χ2v) is 7.18. The van der Waals surface area contributed by atoms with Crippen LogP contribution in [0, 0.1) is 0 Å². The molecule has 5 nitrogen and oxygen atoms in total. The zero-order valence-electron chi connectivity index (χ0n) is 14.3. The fourth-order valence-electron chi connectivity index (χ4n) is 3.14. The molecule has 1 fully saturated rings. The summed E-state index contributed by atoms with van der Waals surface area (Å²) in [4.78, 5) is 14.2. The number of piperidine rings is 1. The minimum atomic E-state index is -1.27. The smallest absolute Gasteiger partial charge is 0.410 e. The van der Waals surface area contributed by atoms with Crippen LogP contribution in [-0.4, -0.2) is 40.8 Å². The van der Waals surface area contributed by atoms with Gasteiger partial charge in [0, 0.05) is 13.1 Å². The number of rotatable bonds is 3. The molecular formula is C18H28N2O3. The molecule has 1 saturated heterocycles. The van der Waals surface area contributed by atoms with Crippen molar-refractivity contribution < 1.29 is 14.6 Å². The summed E-state index contributed by atoms with van der Waals surface area (Å²) >= 11 is 0. The number of ether oxygens (including phenoxy) is 1. The van der Waals surface area contributed by atoms with E-state index < -0.39 is 11.2 Å². The van der Waals surface area contributed by atoms with Crippen LogP contribution < -0.4 is 5.73 Å². The Bertz CT molecular complexity index is 527. The quantitative estimate of drug-likeness (QED) is 0.897. The monoisotopic (exact) mass is 320 g/mol. The van der Waals surface area contributed by atoms with Crippen molar-refractivity contribution in [3.63, 3.8) is 0 Å². The van der Waals surface area contributed by atoms with Gasteiger partial charge in [0.2, 0.25) is 0 Å². The van der Waals surface area contributed by atoms with E-state index in [-0.39, 0.29) is 18.7 Å². The number of likely N-dealkylation sites (tertiary alicyclic amines) is 1. The second-order valence-electron chi connectivity index (χ2n) is 7.18. The Kier molecular flexibility index (Phi) is 5.32. The van der Waals surface area contributed by atoms with Gasteiger partial charge in [-0.3, -0.25) is 0 Å². The molecule has 0 aromatic heterocycles. The molecule has 0 saturated carbocycles. The standard InChI is InChI=1S/C18H28N2O3/c1-17(2,3)23-16(21)20-12-8-7-11-15(20)18(22,13-19)14-9-5-4-6-10-14/h4-6,9-10,15,22H,7-8,11-13,19H2,1-3H3/t15-,18+/m0/s1. The molecule has 0 spiro atoms. The van der Waals surface area contributed by atoms with Crippen LogP contribution in [0.3, 0.4) is 0 Å². The van der Waals surface area contributed by atoms with Gasteiger partial charge in [-0.2, -0.15) is 0 Å². The number of hydrogen-bond acceptors (Lipinski definition) is 4. The Morgan fingerprint density at radius 3 is 2.52 bits per heavy atom. The van der Waals surface area contributed by atoms with Crippen molar-refractivity contribution in [3.05, 3.63) is 35.9 Å². The molecule has 0 bridgehead atoms. The third-order valence-electron chi connectivity index (χ3n) is 4.27. The summed E-state index contributed by atoms with van der Waals surface area (Å²) in [7, 11) is 0. The van der Waals surface area contributed by atoms with Gasteiger partial charge in [-0.05, 0) is 45.6 Å². The van der Waals surface area contributed by atoms with Crippen molar-refractivity contribution in [2.45, 2.75) is 57.3 Å². The Balaban J connectivity index is 2.30. The van der Waals surface area contributed by atoms with Crippen molar-refractivity contribution in [1.29, 1.82) is 0 Å². The van der Waals surface area contributed by atoms with Crippen molar-refractivity contribution in [2.24, 2.45) is 5.73 Å². The Labute approximate surface area is 138 Å². The zero-order valence-corrected chi connectivity index (χ0v) is 14.3. The molecule has 0 radical (unpaired) electrons. The third kappa shape index (κ3) is 4.03. The van der Waals surface area contributed by atoms with Gasteiger partial charge >= 0.3 is 6.09 Å². The number of carbonyl (C=O) groups excluding carboxylic acids is 1. The van der Waals surface area contributed by atoms with Crippen molar-refractivity contribution in [1.82, 2.24) is 4.90 Å². The Morgan fingerprint density at radius 2 is 1.96 bits per heavy atom. The van der Waals surface area contributed by atoms with Gasteiger partial charge in [0.05, 0.1) is 6.04 Å². The first-order chi connectivity index (χ1) is 10.8.